The number of rotatable bonds is 7. The molecule has 1 N–H and O–H groups in total. The number of carbonyl (C=O) groups excluding carboxylic acids is 1. The number of carbonyl (C=O) groups is 1. The molecule has 0 aliphatic carbocycles. The van der Waals surface area contributed by atoms with Gasteiger partial charge in [0, 0.05) is 0 Å². The highest BCUT2D eigenvalue weighted by Crippen LogP contribution is 2.32. The van der Waals surface area contributed by atoms with Crippen LogP contribution in [0.5, 0.6) is 17.2 Å². The number of hydrogen-bond acceptors (Lipinski definition) is 8. The smallest absolute Gasteiger partial charge is 0.283 e. The van der Waals surface area contributed by atoms with E-state index in [4.69, 9.17) is 31.2 Å². The third-order valence-corrected chi connectivity index (χ3v) is 6.36. The molecule has 1 amide bonds. The van der Waals surface area contributed by atoms with Crippen LogP contribution >= 0.6 is 35.3 Å². The minimum absolute atomic E-state index is 0.0352. The molecule has 0 atom stereocenters. The number of para-hydroxylation sites is 2. The molecule has 33 heavy (non-hydrogen) atoms. The average molecular weight is 503 g/mol. The molecule has 2 aromatic carbocycles. The SMILES string of the molecule is COc1ccccc1OCCOc1ccc(/C=C2/C(=N)N3C(SC)=NSC3=NC2=O)cc1Cl. The van der Waals surface area contributed by atoms with Crippen LogP contribution in [0.1, 0.15) is 5.56 Å². The van der Waals surface area contributed by atoms with Crippen molar-refractivity contribution in [1.29, 1.82) is 5.41 Å². The summed E-state index contributed by atoms with van der Waals surface area (Å²) in [4.78, 5) is 18.1. The number of fused-ring (bicyclic) bond motifs is 1. The molecule has 0 fully saturated rings. The summed E-state index contributed by atoms with van der Waals surface area (Å²) in [5, 5.41) is 9.84. The number of benzene rings is 2. The number of nitrogens with zero attached hydrogens (tertiary/aromatic N) is 3. The van der Waals surface area contributed by atoms with Crippen molar-refractivity contribution < 1.29 is 19.0 Å². The zero-order valence-corrected chi connectivity index (χ0v) is 20.1. The number of thioether (sulfide) groups is 1. The molecule has 2 aromatic rings. The van der Waals surface area contributed by atoms with E-state index >= 15 is 0 Å². The van der Waals surface area contributed by atoms with Gasteiger partial charge in [-0.2, -0.15) is 9.39 Å². The predicted molar refractivity (Wildman–Crippen MR) is 134 cm³/mol. The lowest BCUT2D eigenvalue weighted by molar-refractivity contribution is -0.114. The zero-order valence-electron chi connectivity index (χ0n) is 17.7. The van der Waals surface area contributed by atoms with E-state index in [1.807, 2.05) is 30.5 Å². The average Bonchev–Trinajstić information content (AvgIpc) is 3.23. The molecule has 11 heteroatoms. The van der Waals surface area contributed by atoms with Crippen molar-refractivity contribution in [1.82, 2.24) is 4.90 Å². The molecule has 2 aliphatic heterocycles. The molecular weight excluding hydrogens is 484 g/mol. The Labute approximate surface area is 204 Å². The van der Waals surface area contributed by atoms with Gasteiger partial charge in [0.2, 0.25) is 5.17 Å². The predicted octanol–water partition coefficient (Wildman–Crippen LogP) is 4.75. The van der Waals surface area contributed by atoms with Gasteiger partial charge in [0.05, 0.1) is 29.7 Å². The van der Waals surface area contributed by atoms with Crippen molar-refractivity contribution in [2.24, 2.45) is 9.39 Å². The molecule has 0 saturated heterocycles. The first kappa shape index (κ1) is 23.2. The Bertz CT molecular complexity index is 1200. The molecule has 0 radical (unpaired) electrons. The van der Waals surface area contributed by atoms with Crippen molar-refractivity contribution >= 4 is 63.5 Å². The van der Waals surface area contributed by atoms with Gasteiger partial charge in [-0.05, 0) is 42.2 Å². The summed E-state index contributed by atoms with van der Waals surface area (Å²) in [6, 6.07) is 12.5. The maximum Gasteiger partial charge on any atom is 0.283 e. The van der Waals surface area contributed by atoms with Crippen LogP contribution in [0.4, 0.5) is 0 Å². The molecule has 0 unspecified atom stereocenters. The Kier molecular flexibility index (Phi) is 7.26. The van der Waals surface area contributed by atoms with Crippen LogP contribution in [0.15, 0.2) is 57.4 Å². The summed E-state index contributed by atoms with van der Waals surface area (Å²) >= 11 is 8.86. The van der Waals surface area contributed by atoms with Gasteiger partial charge in [-0.1, -0.05) is 41.6 Å². The molecule has 4 rings (SSSR count). The van der Waals surface area contributed by atoms with Gasteiger partial charge in [-0.15, -0.1) is 0 Å². The molecule has 8 nitrogen and oxygen atoms in total. The Morgan fingerprint density at radius 2 is 1.88 bits per heavy atom. The number of ether oxygens (including phenoxy) is 3. The number of methoxy groups -OCH3 is 1. The summed E-state index contributed by atoms with van der Waals surface area (Å²) in [5.41, 5.74) is 0.816. The van der Waals surface area contributed by atoms with Gasteiger partial charge >= 0.3 is 0 Å². The van der Waals surface area contributed by atoms with Gasteiger partial charge < -0.3 is 14.2 Å². The van der Waals surface area contributed by atoms with E-state index < -0.39 is 5.91 Å². The van der Waals surface area contributed by atoms with Crippen LogP contribution < -0.4 is 14.2 Å². The van der Waals surface area contributed by atoms with E-state index in [0.29, 0.717) is 44.8 Å². The molecule has 0 spiro atoms. The number of nitrogens with one attached hydrogen (secondary N) is 1. The lowest BCUT2D eigenvalue weighted by Crippen LogP contribution is -2.41. The van der Waals surface area contributed by atoms with Crippen molar-refractivity contribution in [2.45, 2.75) is 0 Å². The van der Waals surface area contributed by atoms with Crippen molar-refractivity contribution in [2.75, 3.05) is 26.6 Å². The monoisotopic (exact) mass is 502 g/mol. The van der Waals surface area contributed by atoms with Gasteiger partial charge in [-0.3, -0.25) is 10.2 Å². The largest absolute Gasteiger partial charge is 0.493 e. The normalized spacial score (nSPS) is 16.5. The summed E-state index contributed by atoms with van der Waals surface area (Å²) in [6.07, 6.45) is 3.45. The minimum Gasteiger partial charge on any atom is -0.493 e. The Morgan fingerprint density at radius 3 is 2.58 bits per heavy atom. The molecule has 0 bridgehead atoms. The highest BCUT2D eigenvalue weighted by atomic mass is 35.5. The van der Waals surface area contributed by atoms with E-state index in [2.05, 4.69) is 9.39 Å². The third kappa shape index (κ3) is 5.02. The highest BCUT2D eigenvalue weighted by molar-refractivity contribution is 8.18. The summed E-state index contributed by atoms with van der Waals surface area (Å²) < 4.78 is 20.9. The molecular formula is C22H19ClN4O4S2. The number of amides is 1. The van der Waals surface area contributed by atoms with Crippen LogP contribution in [0.3, 0.4) is 0 Å². The first-order chi connectivity index (χ1) is 16.0. The number of amidine groups is 3. The van der Waals surface area contributed by atoms with E-state index in [1.54, 1.807) is 36.3 Å². The fraction of sp³-hybridized carbons (Fsp3) is 0.182. The summed E-state index contributed by atoms with van der Waals surface area (Å²) in [7, 11) is 1.59. The zero-order chi connectivity index (χ0) is 23.4. The fourth-order valence-corrected chi connectivity index (χ4v) is 4.76. The van der Waals surface area contributed by atoms with Crippen LogP contribution in [0.2, 0.25) is 5.02 Å². The van der Waals surface area contributed by atoms with Gasteiger partial charge in [-0.25, -0.2) is 4.90 Å². The lowest BCUT2D eigenvalue weighted by Gasteiger charge is -2.23. The quantitative estimate of drug-likeness (QED) is 0.331. The third-order valence-electron chi connectivity index (χ3n) is 4.61. The van der Waals surface area contributed by atoms with Crippen molar-refractivity contribution in [3.05, 3.63) is 58.6 Å². The van der Waals surface area contributed by atoms with Crippen LogP contribution in [-0.4, -0.2) is 53.6 Å². The second-order valence-electron chi connectivity index (χ2n) is 6.65. The Balaban J connectivity index is 1.41. The molecule has 2 heterocycles. The second-order valence-corrected chi connectivity index (χ2v) is 8.56. The standard InChI is InChI=1S/C22H19ClN4O4S2/c1-29-17-5-3-4-6-18(17)31-10-9-30-16-8-7-13(12-15(16)23)11-14-19(24)27-21(25-20(14)28)33-26-22(27)32-2/h3-8,11-12,24H,9-10H2,1-2H3/b14-11-,24-19?. The highest BCUT2D eigenvalue weighted by Gasteiger charge is 2.36. The van der Waals surface area contributed by atoms with Crippen LogP contribution in [0, 0.1) is 5.41 Å². The van der Waals surface area contributed by atoms with E-state index in [9.17, 15) is 4.79 Å². The minimum atomic E-state index is -0.485. The van der Waals surface area contributed by atoms with Crippen LogP contribution in [0.25, 0.3) is 6.08 Å². The number of halogens is 1. The Hall–Kier alpha value is -2.95. The second kappa shape index (κ2) is 10.3. The number of aliphatic imine (C=N–C) groups is 1. The molecule has 0 aromatic heterocycles. The topological polar surface area (TPSA) is 96.6 Å². The van der Waals surface area contributed by atoms with Crippen LogP contribution in [-0.2, 0) is 4.79 Å². The summed E-state index contributed by atoms with van der Waals surface area (Å²) in [6.45, 7) is 0.587. The lowest BCUT2D eigenvalue weighted by atomic mass is 10.1. The number of hydrogen-bond donors (Lipinski definition) is 1. The van der Waals surface area contributed by atoms with Gasteiger partial charge in [0.1, 0.15) is 24.8 Å². The maximum atomic E-state index is 12.5. The summed E-state index contributed by atoms with van der Waals surface area (Å²) in [5.74, 6) is 1.32. The van der Waals surface area contributed by atoms with E-state index in [0.717, 1.165) is 11.9 Å². The molecule has 0 saturated carbocycles. The van der Waals surface area contributed by atoms with Gasteiger partial charge in [0.25, 0.3) is 5.91 Å². The molecule has 170 valence electrons. The van der Waals surface area contributed by atoms with Gasteiger partial charge in [0.15, 0.2) is 16.7 Å². The fourth-order valence-electron chi connectivity index (χ4n) is 3.06. The van der Waals surface area contributed by atoms with Crippen molar-refractivity contribution in [3.8, 4) is 17.2 Å². The first-order valence-electron chi connectivity index (χ1n) is 9.72. The maximum absolute atomic E-state index is 12.5. The molecule has 2 aliphatic rings. The van der Waals surface area contributed by atoms with E-state index in [-0.39, 0.29) is 18.0 Å². The van der Waals surface area contributed by atoms with Crippen molar-refractivity contribution in [3.63, 3.8) is 0 Å². The first-order valence-corrected chi connectivity index (χ1v) is 12.1. The van der Waals surface area contributed by atoms with E-state index in [1.165, 1.54) is 11.8 Å². The Morgan fingerprint density at radius 1 is 1.15 bits per heavy atom.